The van der Waals surface area contributed by atoms with E-state index >= 15 is 0 Å². The first-order valence-electron chi connectivity index (χ1n) is 49.3. The summed E-state index contributed by atoms with van der Waals surface area (Å²) in [7, 11) is 0. The largest absolute Gasteiger partial charge is 0.477 e. The number of hydrogen-bond donors (Lipinski definition) is 11. The van der Waals surface area contributed by atoms with Gasteiger partial charge in [-0.05, 0) is 290 Å². The lowest BCUT2D eigenvalue weighted by molar-refractivity contribution is -0.117. The topological polar surface area (TPSA) is 442 Å². The minimum Gasteiger partial charge on any atom is -0.477 e. The van der Waals surface area contributed by atoms with Crippen LogP contribution in [0.5, 0.6) is 0 Å². The van der Waals surface area contributed by atoms with Gasteiger partial charge in [0.15, 0.2) is 17.3 Å². The van der Waals surface area contributed by atoms with Crippen molar-refractivity contribution in [1.82, 2.24) is 65.6 Å². The second kappa shape index (κ2) is 47.8. The number of nitrogen functional groups attached to an aromatic ring is 1. The van der Waals surface area contributed by atoms with E-state index in [2.05, 4.69) is 220 Å². The lowest BCUT2D eigenvalue weighted by atomic mass is 10.1. The predicted octanol–water partition coefficient (Wildman–Crippen LogP) is 19.2. The molecule has 5 saturated heterocycles. The van der Waals surface area contributed by atoms with Crippen molar-refractivity contribution in [2.24, 2.45) is 20.0 Å². The summed E-state index contributed by atoms with van der Waals surface area (Å²) in [6.45, 7) is 28.3. The van der Waals surface area contributed by atoms with E-state index in [9.17, 15) is 33.6 Å². The van der Waals surface area contributed by atoms with Crippen molar-refractivity contribution in [3.05, 3.63) is 289 Å². The summed E-state index contributed by atoms with van der Waals surface area (Å²) in [6.07, 6.45) is 20.3. The molecule has 762 valence electrons. The minimum atomic E-state index is -0.938. The van der Waals surface area contributed by atoms with Crippen molar-refractivity contribution in [2.45, 2.75) is 174 Å². The number of aromatic amines is 3. The number of nitrogens with two attached hydrogens (primary N) is 1. The van der Waals surface area contributed by atoms with E-state index in [-0.39, 0.29) is 41.7 Å². The number of nitrogens with zero attached hydrogens (tertiary/aromatic N) is 13. The van der Waals surface area contributed by atoms with E-state index in [0.717, 1.165) is 154 Å². The van der Waals surface area contributed by atoms with Crippen LogP contribution < -0.4 is 42.5 Å². The number of ether oxygens (including phenoxy) is 3. The summed E-state index contributed by atoms with van der Waals surface area (Å²) in [5.41, 5.74) is 27.5. The molecule has 0 radical (unpaired) electrons. The van der Waals surface area contributed by atoms with Gasteiger partial charge in [-0.25, -0.2) is 19.2 Å². The Hall–Kier alpha value is -15.1. The molecule has 8 aromatic carbocycles. The van der Waals surface area contributed by atoms with Crippen LogP contribution in [0.4, 0.5) is 48.5 Å². The molecule has 14 aromatic rings. The first kappa shape index (κ1) is 105. The van der Waals surface area contributed by atoms with E-state index in [4.69, 9.17) is 25.1 Å². The van der Waals surface area contributed by atoms with Crippen molar-refractivity contribution >= 4 is 176 Å². The number of aromatic carboxylic acids is 1. The number of halogens is 2. The molecule has 2 amide bonds. The van der Waals surface area contributed by atoms with E-state index < -0.39 is 35.0 Å². The summed E-state index contributed by atoms with van der Waals surface area (Å²) in [5, 5.41) is 52.6. The Balaban J connectivity index is 0.000000123. The molecule has 0 saturated carbocycles. The van der Waals surface area contributed by atoms with Crippen LogP contribution in [0.15, 0.2) is 236 Å². The van der Waals surface area contributed by atoms with Gasteiger partial charge in [-0.1, -0.05) is 74.3 Å². The fraction of sp³-hybridized carbons (Fsp3) is 0.333. The van der Waals surface area contributed by atoms with E-state index in [0.29, 0.717) is 73.1 Å². The monoisotopic (exact) mass is 2110 g/mol. The first-order valence-corrected chi connectivity index (χ1v) is 50.9. The number of carbonyl (C=O) groups excluding carboxylic acids is 6. The van der Waals surface area contributed by atoms with Gasteiger partial charge in [0.2, 0.25) is 0 Å². The van der Waals surface area contributed by atoms with Gasteiger partial charge in [0.1, 0.15) is 22.5 Å². The highest BCUT2D eigenvalue weighted by Gasteiger charge is 2.33. The number of carboxylic acid groups (broad SMARTS) is 1. The number of hydrogen-bond acceptors (Lipinski definition) is 27. The number of fused-ring (bicyclic) bond motifs is 8. The molecule has 9 aliphatic heterocycles. The summed E-state index contributed by atoms with van der Waals surface area (Å²) < 4.78 is 18.9. The smallest absolute Gasteiger partial charge is 0.435 e. The lowest BCUT2D eigenvalue weighted by Gasteiger charge is -2.24. The van der Waals surface area contributed by atoms with Crippen LogP contribution in [0.3, 0.4) is 0 Å². The van der Waals surface area contributed by atoms with Crippen molar-refractivity contribution < 1.29 is 52.9 Å². The van der Waals surface area contributed by atoms with Crippen LogP contribution in [-0.2, 0) is 58.0 Å². The van der Waals surface area contributed by atoms with Gasteiger partial charge in [0, 0.05) is 208 Å². The molecule has 4 unspecified atom stereocenters. The Morgan fingerprint density at radius 2 is 0.864 bits per heavy atom. The highest BCUT2D eigenvalue weighted by Crippen LogP contribution is 2.33. The number of amides is 2. The van der Waals surface area contributed by atoms with Gasteiger partial charge in [0.05, 0.1) is 68.2 Å². The fourth-order valence-electron chi connectivity index (χ4n) is 17.7. The Morgan fingerprint density at radius 1 is 0.435 bits per heavy atom. The molecule has 0 spiro atoms. The number of rotatable bonds is 16. The quantitative estimate of drug-likeness (QED) is 0.0243. The van der Waals surface area contributed by atoms with Crippen LogP contribution in [0.2, 0.25) is 0 Å². The SMILES string of the molecule is C1=NCc2ccc(NC3CCNC3)cc21.C1=NCc2ccc(NC3CCNC3)cc21.CC(C)(C)OC(=O)N1CCC(=O)C1.CC(C)(C)OC(=O)N1CCC(Nc2ccc3c(c2)C=NC3)C1.CC(C)(C)OC(=O)n1ncc2cc(N)ccc21.O=C(Cc1ccnnc1)c1cc2ccc(Br)cc2[nH]1.O=C(Cc1ccnnc1)c1cc2ccc(N3CCC(Nc4ccc5c(c4)C=NC5)C3)cc2[nH]1.O=C(O)c1cc2ccc(Br)cc2[nH]1. The zero-order valence-electron chi connectivity index (χ0n) is 83.8. The van der Waals surface area contributed by atoms with Crippen LogP contribution in [0, 0.1) is 0 Å². The van der Waals surface area contributed by atoms with E-state index in [1.165, 1.54) is 84.0 Å². The molecule has 15 heterocycles. The average molecular weight is 2120 g/mol. The number of H-pyrrole nitrogens is 3. The molecule has 5 fully saturated rings. The fourth-order valence-corrected chi connectivity index (χ4v) is 18.4. The normalized spacial score (nSPS) is 16.8. The zero-order valence-corrected chi connectivity index (χ0v) is 86.9. The maximum Gasteiger partial charge on any atom is 0.435 e. The van der Waals surface area contributed by atoms with Gasteiger partial charge in [-0.15, -0.1) is 0 Å². The van der Waals surface area contributed by atoms with Crippen molar-refractivity contribution in [3.8, 4) is 0 Å². The molecule has 147 heavy (non-hydrogen) atoms. The highest BCUT2D eigenvalue weighted by molar-refractivity contribution is 9.10. The van der Waals surface area contributed by atoms with Gasteiger partial charge in [0.25, 0.3) is 0 Å². The summed E-state index contributed by atoms with van der Waals surface area (Å²) in [6, 6.07) is 59.9. The number of anilines is 6. The van der Waals surface area contributed by atoms with Crippen molar-refractivity contribution in [2.75, 3.05) is 97.3 Å². The van der Waals surface area contributed by atoms with Crippen LogP contribution in [0.25, 0.3) is 43.6 Å². The van der Waals surface area contributed by atoms with Crippen LogP contribution in [0.1, 0.15) is 182 Å². The Kier molecular flexibility index (Phi) is 34.0. The first-order chi connectivity index (χ1) is 70.6. The molecule has 0 bridgehead atoms. The third-order valence-electron chi connectivity index (χ3n) is 25.0. The van der Waals surface area contributed by atoms with Crippen LogP contribution in [-0.4, -0.2) is 233 Å². The number of carbonyl (C=O) groups is 7. The minimum absolute atomic E-state index is 0.0420. The maximum atomic E-state index is 12.7. The number of carboxylic acids is 1. The average Bonchev–Trinajstić information content (AvgIpc) is 1.65. The molecular formula is C111H123Br2N23O11. The number of ketones is 3. The molecule has 6 aromatic heterocycles. The number of benzene rings is 8. The molecular weight excluding hydrogens is 1990 g/mol. The van der Waals surface area contributed by atoms with Crippen LogP contribution >= 0.6 is 31.9 Å². The summed E-state index contributed by atoms with van der Waals surface area (Å²) in [5.74, 6) is -0.746. The van der Waals surface area contributed by atoms with Gasteiger partial charge in [-0.2, -0.15) is 30.2 Å². The second-order valence-corrected chi connectivity index (χ2v) is 42.0. The highest BCUT2D eigenvalue weighted by atomic mass is 79.9. The standard InChI is InChI=1S/C26H24N6O.C17H23N3O2.C14H10BrN3O.C12H15N3O2.2C12H15N3.C9H6BrNO2.C9H15NO3/c33-26(9-17-5-7-28-29-13-17)25-11-18-2-4-23(12-24(18)31-25)32-8-6-22(16-32)30-21-3-1-19-14-27-15-20(19)10-21;1-17(2,3)22-16(21)20-7-6-15(11-20)19-14-5-4-12-9-18-10-13(12)8-14;15-11-2-1-10-6-13(18-12(10)7-11)14(19)5-9-3-4-16-17-8-9;1-12(2,3)17-11(16)15-10-5-4-9(13)6-8(10)7-14-15;2*1-2-11(15-12-3-4-13-8-12)5-10-7-14-6-9(1)10;10-6-2-1-5-3-8(9(12)13)11-7(5)4-6;1-9(2,3)13-8(12)10-5-4-7(11)6-10/h1-5,7,10-13,15,22,30-31H,6,8-9,14,16H2;4-5,8,10,15,19H,6-7,9,11H2,1-3H3;1-4,6-8,18H,5H2;4-7H,13H2,1-3H3;2*1-2,5,7,12-13,15H,3-4,6,8H2;1-4,11H,(H,12,13);4-6H2,1-3H3. The Morgan fingerprint density at radius 3 is 1.30 bits per heavy atom. The van der Waals surface area contributed by atoms with Crippen molar-refractivity contribution in [1.29, 1.82) is 0 Å². The van der Waals surface area contributed by atoms with E-state index in [1.54, 1.807) is 66.2 Å². The van der Waals surface area contributed by atoms with E-state index in [1.807, 2.05) is 142 Å². The Bertz CT molecular complexity index is 7130. The van der Waals surface area contributed by atoms with Gasteiger partial charge in [-0.3, -0.25) is 34.4 Å². The molecule has 4 atom stereocenters. The number of Topliss-reactive ketones (excluding diaryl/α,β-unsaturated/α-hetero) is 3. The molecule has 0 aliphatic carbocycles. The zero-order chi connectivity index (χ0) is 103. The molecule has 34 nitrogen and oxygen atoms in total. The molecule has 36 heteroatoms. The number of likely N-dealkylation sites (tertiary alicyclic amines) is 2. The predicted molar refractivity (Wildman–Crippen MR) is 585 cm³/mol. The third-order valence-corrected chi connectivity index (χ3v) is 26.0. The maximum absolute atomic E-state index is 12.7. The van der Waals surface area contributed by atoms with Gasteiger partial charge >= 0.3 is 24.2 Å². The third kappa shape index (κ3) is 29.8. The Labute approximate surface area is 869 Å². The molecule has 12 N–H and O–H groups in total. The molecule has 9 aliphatic rings. The second-order valence-electron chi connectivity index (χ2n) is 40.2. The number of aromatic nitrogens is 9. The number of nitrogens with one attached hydrogen (secondary N) is 9. The van der Waals surface area contributed by atoms with Crippen molar-refractivity contribution in [3.63, 3.8) is 0 Å². The summed E-state index contributed by atoms with van der Waals surface area (Å²) >= 11 is 6.72. The number of aliphatic imine (C=N–C) groups is 4. The summed E-state index contributed by atoms with van der Waals surface area (Å²) in [4.78, 5) is 114. The lowest BCUT2D eigenvalue weighted by Crippen LogP contribution is -2.36. The molecule has 23 rings (SSSR count). The van der Waals surface area contributed by atoms with Gasteiger partial charge < -0.3 is 86.6 Å².